The number of ether oxygens (including phenoxy) is 3. The molecule has 0 saturated carbocycles. The third-order valence-electron chi connectivity index (χ3n) is 8.26. The number of carbonyl (C=O) groups is 3. The minimum absolute atomic E-state index is 0.0196. The van der Waals surface area contributed by atoms with Crippen molar-refractivity contribution < 1.29 is 28.6 Å². The molecule has 4 rings (SSSR count). The summed E-state index contributed by atoms with van der Waals surface area (Å²) in [5, 5.41) is 0. The lowest BCUT2D eigenvalue weighted by atomic mass is 9.80. The number of nitrogens with zero attached hydrogens (tertiary/aromatic N) is 1. The molecule has 2 aliphatic heterocycles. The van der Waals surface area contributed by atoms with E-state index in [-0.39, 0.29) is 47.6 Å². The molecule has 0 N–H and O–H groups in total. The summed E-state index contributed by atoms with van der Waals surface area (Å²) in [7, 11) is 0. The molecule has 0 aliphatic carbocycles. The number of anilines is 1. The summed E-state index contributed by atoms with van der Waals surface area (Å²) in [6.45, 7) is 15.8. The molecule has 5 unspecified atom stereocenters. The molecule has 2 aromatic rings. The second kappa shape index (κ2) is 13.3. The van der Waals surface area contributed by atoms with Gasteiger partial charge in [-0.15, -0.1) is 0 Å². The second-order valence-electron chi connectivity index (χ2n) is 12.4. The number of hydrogen-bond donors (Lipinski definition) is 0. The normalized spacial score (nSPS) is 22.0. The highest BCUT2D eigenvalue weighted by Crippen LogP contribution is 2.43. The Morgan fingerprint density at radius 1 is 0.976 bits per heavy atom. The predicted molar refractivity (Wildman–Crippen MR) is 159 cm³/mol. The number of benzene rings is 2. The summed E-state index contributed by atoms with van der Waals surface area (Å²) in [5.74, 6) is -0.393. The third kappa shape index (κ3) is 7.44. The maximum atomic E-state index is 14.2. The number of para-hydroxylation sites is 1. The van der Waals surface area contributed by atoms with Crippen molar-refractivity contribution in [3.8, 4) is 5.75 Å². The van der Waals surface area contributed by atoms with Crippen LogP contribution in [-0.2, 0) is 23.9 Å². The van der Waals surface area contributed by atoms with E-state index < -0.39 is 11.8 Å². The van der Waals surface area contributed by atoms with Crippen molar-refractivity contribution in [2.24, 2.45) is 17.8 Å². The van der Waals surface area contributed by atoms with Gasteiger partial charge in [0.25, 0.3) is 0 Å². The van der Waals surface area contributed by atoms with Gasteiger partial charge in [-0.1, -0.05) is 71.9 Å². The Morgan fingerprint density at radius 2 is 1.59 bits per heavy atom. The van der Waals surface area contributed by atoms with Crippen molar-refractivity contribution in [3.63, 3.8) is 0 Å². The van der Waals surface area contributed by atoms with E-state index >= 15 is 0 Å². The molecule has 7 heteroatoms. The number of imide groups is 1. The molecule has 2 aromatic carbocycles. The molecule has 2 heterocycles. The molecule has 0 bridgehead atoms. The highest BCUT2D eigenvalue weighted by Gasteiger charge is 2.48. The second-order valence-corrected chi connectivity index (χ2v) is 12.4. The monoisotopic (exact) mass is 563 g/mol. The molecule has 2 aliphatic rings. The van der Waals surface area contributed by atoms with Gasteiger partial charge in [-0.25, -0.2) is 4.90 Å². The quantitative estimate of drug-likeness (QED) is 0.118. The molecule has 0 spiro atoms. The molecular formula is C34H45NO6. The van der Waals surface area contributed by atoms with E-state index in [1.54, 1.807) is 12.1 Å². The first kappa shape index (κ1) is 30.9. The summed E-state index contributed by atoms with van der Waals surface area (Å²) in [5.41, 5.74) is 3.87. The smallest absolute Gasteiger partial charge is 0.308 e. The topological polar surface area (TPSA) is 85.4 Å². The summed E-state index contributed by atoms with van der Waals surface area (Å²) in [6.07, 6.45) is 1.56. The lowest BCUT2D eigenvalue weighted by Gasteiger charge is -2.27. The van der Waals surface area contributed by atoms with Crippen LogP contribution in [0, 0.1) is 17.8 Å². The number of amides is 2. The predicted octanol–water partition coefficient (Wildman–Crippen LogP) is 6.60. The highest BCUT2D eigenvalue weighted by atomic mass is 16.6. The fourth-order valence-corrected chi connectivity index (χ4v) is 5.93. The lowest BCUT2D eigenvalue weighted by Crippen LogP contribution is -2.33. The zero-order valence-electron chi connectivity index (χ0n) is 25.5. The van der Waals surface area contributed by atoms with E-state index in [9.17, 15) is 14.4 Å². The zero-order chi connectivity index (χ0) is 29.8. The van der Waals surface area contributed by atoms with Crippen LogP contribution in [0.1, 0.15) is 95.8 Å². The van der Waals surface area contributed by atoms with Crippen LogP contribution in [0.15, 0.2) is 42.5 Å². The van der Waals surface area contributed by atoms with Crippen LogP contribution in [0.25, 0.3) is 0 Å². The molecule has 2 amide bonds. The van der Waals surface area contributed by atoms with Crippen molar-refractivity contribution in [1.29, 1.82) is 0 Å². The minimum atomic E-state index is -0.436. The van der Waals surface area contributed by atoms with Gasteiger partial charge in [0, 0.05) is 19.4 Å². The van der Waals surface area contributed by atoms with Gasteiger partial charge < -0.3 is 14.2 Å². The molecule has 0 radical (unpaired) electrons. The minimum Gasteiger partial charge on any atom is -0.427 e. The molecule has 2 fully saturated rings. The van der Waals surface area contributed by atoms with Gasteiger partial charge in [-0.2, -0.15) is 0 Å². The lowest BCUT2D eigenvalue weighted by molar-refractivity contribution is -0.132. The fourth-order valence-electron chi connectivity index (χ4n) is 5.93. The van der Waals surface area contributed by atoms with Gasteiger partial charge in [-0.3, -0.25) is 14.4 Å². The standard InChI is InChI=1S/C34H45NO6/c1-20(2)29-9-8-10-30(21(3)4)32(29)35-33(37)23(6)31(34(35)38)16-26(15-22(5)17-39-18-28-19-40-28)25-11-13-27(14-12-25)41-24(7)36/h8-14,20-23,26,28,31H,15-19H2,1-7H3. The van der Waals surface area contributed by atoms with Crippen molar-refractivity contribution in [3.05, 3.63) is 59.2 Å². The average molecular weight is 564 g/mol. The molecule has 222 valence electrons. The summed E-state index contributed by atoms with van der Waals surface area (Å²) < 4.78 is 16.4. The Bertz CT molecular complexity index is 1210. The fraction of sp³-hybridized carbons (Fsp3) is 0.559. The van der Waals surface area contributed by atoms with Crippen molar-refractivity contribution in [2.45, 2.75) is 85.2 Å². The van der Waals surface area contributed by atoms with Crippen LogP contribution in [0.4, 0.5) is 5.69 Å². The Labute approximate surface area is 244 Å². The van der Waals surface area contributed by atoms with Gasteiger partial charge in [0.15, 0.2) is 0 Å². The van der Waals surface area contributed by atoms with Gasteiger partial charge in [0.1, 0.15) is 11.9 Å². The molecule has 7 nitrogen and oxygen atoms in total. The van der Waals surface area contributed by atoms with E-state index in [2.05, 4.69) is 34.6 Å². The van der Waals surface area contributed by atoms with Crippen LogP contribution in [0.2, 0.25) is 0 Å². The first-order valence-corrected chi connectivity index (χ1v) is 15.0. The van der Waals surface area contributed by atoms with E-state index in [1.807, 2.05) is 37.3 Å². The Kier molecular flexibility index (Phi) is 10.0. The number of carbonyl (C=O) groups excluding carboxylic acids is 3. The van der Waals surface area contributed by atoms with Crippen molar-refractivity contribution >= 4 is 23.5 Å². The van der Waals surface area contributed by atoms with Gasteiger partial charge in [0.05, 0.1) is 24.8 Å². The van der Waals surface area contributed by atoms with Crippen LogP contribution >= 0.6 is 0 Å². The third-order valence-corrected chi connectivity index (χ3v) is 8.26. The van der Waals surface area contributed by atoms with Crippen LogP contribution in [-0.4, -0.2) is 43.7 Å². The maximum absolute atomic E-state index is 14.2. The summed E-state index contributed by atoms with van der Waals surface area (Å²) >= 11 is 0. The number of esters is 1. The van der Waals surface area contributed by atoms with Gasteiger partial charge in [0.2, 0.25) is 11.8 Å². The first-order valence-electron chi connectivity index (χ1n) is 15.0. The Balaban J connectivity index is 1.61. The average Bonchev–Trinajstić information content (AvgIpc) is 3.71. The van der Waals surface area contributed by atoms with E-state index in [4.69, 9.17) is 14.2 Å². The number of rotatable bonds is 13. The van der Waals surface area contributed by atoms with Crippen LogP contribution in [0.5, 0.6) is 5.75 Å². The van der Waals surface area contributed by atoms with Crippen molar-refractivity contribution in [2.75, 3.05) is 24.7 Å². The van der Waals surface area contributed by atoms with E-state index in [1.165, 1.54) is 11.8 Å². The Morgan fingerprint density at radius 3 is 2.12 bits per heavy atom. The molecule has 0 aromatic heterocycles. The van der Waals surface area contributed by atoms with Crippen molar-refractivity contribution in [1.82, 2.24) is 0 Å². The van der Waals surface area contributed by atoms with Crippen LogP contribution < -0.4 is 9.64 Å². The Hall–Kier alpha value is -3.03. The molecule has 2 saturated heterocycles. The number of epoxide rings is 1. The summed E-state index contributed by atoms with van der Waals surface area (Å²) in [4.78, 5) is 40.9. The van der Waals surface area contributed by atoms with Crippen LogP contribution in [0.3, 0.4) is 0 Å². The van der Waals surface area contributed by atoms with Gasteiger partial charge >= 0.3 is 5.97 Å². The number of hydrogen-bond acceptors (Lipinski definition) is 6. The maximum Gasteiger partial charge on any atom is 0.308 e. The molecule has 5 atom stereocenters. The molecular weight excluding hydrogens is 518 g/mol. The van der Waals surface area contributed by atoms with Gasteiger partial charge in [-0.05, 0) is 65.3 Å². The van der Waals surface area contributed by atoms with E-state index in [0.29, 0.717) is 25.4 Å². The highest BCUT2D eigenvalue weighted by molar-refractivity contribution is 6.22. The summed E-state index contributed by atoms with van der Waals surface area (Å²) in [6, 6.07) is 13.6. The van der Waals surface area contributed by atoms with E-state index in [0.717, 1.165) is 35.4 Å². The largest absolute Gasteiger partial charge is 0.427 e. The zero-order valence-corrected chi connectivity index (χ0v) is 25.5. The molecule has 41 heavy (non-hydrogen) atoms. The first-order chi connectivity index (χ1) is 19.5. The SMILES string of the molecule is CC(=O)Oc1ccc(C(CC(C)COCC2CO2)CC2C(=O)N(c3c(C(C)C)cccc3C(C)C)C(=O)C2C)cc1.